The van der Waals surface area contributed by atoms with E-state index >= 15 is 0 Å². The van der Waals surface area contributed by atoms with Crippen molar-refractivity contribution in [3.05, 3.63) is 108 Å². The van der Waals surface area contributed by atoms with Crippen molar-refractivity contribution in [3.8, 4) is 0 Å². The highest BCUT2D eigenvalue weighted by Crippen LogP contribution is 2.38. The zero-order valence-corrected chi connectivity index (χ0v) is 20.0. The molecule has 4 rings (SSSR count). The topological polar surface area (TPSA) is 58.9 Å². The van der Waals surface area contributed by atoms with Gasteiger partial charge in [-0.15, -0.1) is 0 Å². The molecular weight excluding hydrogens is 412 g/mol. The van der Waals surface area contributed by atoms with E-state index in [1.807, 2.05) is 13.8 Å². The van der Waals surface area contributed by atoms with Crippen LogP contribution in [0.4, 0.5) is 0 Å². The van der Waals surface area contributed by atoms with Crippen LogP contribution < -0.4 is 0 Å². The minimum absolute atomic E-state index is 0.0386. The molecule has 3 aromatic carbocycles. The lowest BCUT2D eigenvalue weighted by molar-refractivity contribution is -0.275. The van der Waals surface area contributed by atoms with E-state index in [4.69, 9.17) is 9.47 Å². The summed E-state index contributed by atoms with van der Waals surface area (Å²) in [4.78, 5) is 0. The van der Waals surface area contributed by atoms with Gasteiger partial charge in [0, 0.05) is 18.4 Å². The lowest BCUT2D eigenvalue weighted by Crippen LogP contribution is -2.53. The average molecular weight is 449 g/mol. The first-order chi connectivity index (χ1) is 15.9. The minimum Gasteiger partial charge on any atom is -0.390 e. The molecule has 2 N–H and O–H groups in total. The summed E-state index contributed by atoms with van der Waals surface area (Å²) in [7, 11) is 1.46. The van der Waals surface area contributed by atoms with E-state index in [0.717, 1.165) is 6.42 Å². The number of aliphatic hydroxyl groups is 2. The molecule has 4 nitrogen and oxygen atoms in total. The third-order valence-corrected chi connectivity index (χ3v) is 6.75. The molecule has 0 amide bonds. The van der Waals surface area contributed by atoms with Gasteiger partial charge in [0.05, 0.1) is 12.2 Å². The lowest BCUT2D eigenvalue weighted by atomic mass is 9.71. The van der Waals surface area contributed by atoms with Crippen LogP contribution in [0.15, 0.2) is 91.0 Å². The third-order valence-electron chi connectivity index (χ3n) is 6.75. The Morgan fingerprint density at radius 3 is 1.48 bits per heavy atom. The molecule has 0 bridgehead atoms. The second-order valence-corrected chi connectivity index (χ2v) is 8.75. The minimum atomic E-state index is -0.942. The van der Waals surface area contributed by atoms with Gasteiger partial charge in [0.15, 0.2) is 6.29 Å². The Bertz CT molecular complexity index is 828. The number of ether oxygens (including phenoxy) is 2. The number of methoxy groups -OCH3 is 1. The summed E-state index contributed by atoms with van der Waals surface area (Å²) in [5, 5.41) is 19.2. The van der Waals surface area contributed by atoms with Gasteiger partial charge in [-0.3, -0.25) is 0 Å². The molecule has 0 aromatic heterocycles. The highest BCUT2D eigenvalue weighted by Gasteiger charge is 2.41. The van der Waals surface area contributed by atoms with E-state index in [-0.39, 0.29) is 17.4 Å². The van der Waals surface area contributed by atoms with Gasteiger partial charge in [0.2, 0.25) is 0 Å². The van der Waals surface area contributed by atoms with Gasteiger partial charge < -0.3 is 19.7 Å². The van der Waals surface area contributed by atoms with Crippen LogP contribution >= 0.6 is 0 Å². The molecule has 5 unspecified atom stereocenters. The Hall–Kier alpha value is -2.50. The Labute approximate surface area is 197 Å². The van der Waals surface area contributed by atoms with E-state index in [0.29, 0.717) is 0 Å². The molecule has 1 saturated heterocycles. The van der Waals surface area contributed by atoms with E-state index in [1.54, 1.807) is 0 Å². The fourth-order valence-electron chi connectivity index (χ4n) is 4.55. The second-order valence-electron chi connectivity index (χ2n) is 8.75. The van der Waals surface area contributed by atoms with Crippen molar-refractivity contribution in [3.63, 3.8) is 0 Å². The van der Waals surface area contributed by atoms with Crippen LogP contribution in [0, 0.1) is 5.92 Å². The summed E-state index contributed by atoms with van der Waals surface area (Å²) in [6.07, 6.45) is -1.63. The maximum atomic E-state index is 9.64. The highest BCUT2D eigenvalue weighted by molar-refractivity contribution is 5.49. The molecule has 176 valence electrons. The molecule has 1 heterocycles. The Morgan fingerprint density at radius 1 is 0.758 bits per heavy atom. The summed E-state index contributed by atoms with van der Waals surface area (Å²) in [6, 6.07) is 32.1. The van der Waals surface area contributed by atoms with Gasteiger partial charge in [-0.25, -0.2) is 0 Å². The van der Waals surface area contributed by atoms with Gasteiger partial charge in [0.1, 0.15) is 6.10 Å². The third kappa shape index (κ3) is 5.53. The van der Waals surface area contributed by atoms with Crippen LogP contribution in [0.25, 0.3) is 0 Å². The van der Waals surface area contributed by atoms with Crippen molar-refractivity contribution < 1.29 is 19.7 Å². The first-order valence-corrected chi connectivity index (χ1v) is 11.6. The maximum Gasteiger partial charge on any atom is 0.185 e. The standard InChI is InChI=1S/C20H18.C9H18O4/c1-20(17-11-5-2-6-12-17,18-13-7-3-8-14-18)19-15-9-4-10-16-19;1-4-6-5(2)7(10)8(11)9(12-3)13-6/h2-16H,1H3;5-11H,4H2,1-3H3. The number of benzene rings is 3. The van der Waals surface area contributed by atoms with Crippen molar-refractivity contribution in [2.24, 2.45) is 5.92 Å². The molecular formula is C29H36O4. The number of hydrogen-bond acceptors (Lipinski definition) is 4. The first kappa shape index (κ1) is 25.1. The second kappa shape index (κ2) is 11.6. The van der Waals surface area contributed by atoms with Crippen LogP contribution in [0.5, 0.6) is 0 Å². The number of hydrogen-bond donors (Lipinski definition) is 2. The Kier molecular flexibility index (Phi) is 8.81. The van der Waals surface area contributed by atoms with Gasteiger partial charge in [-0.05, 0) is 30.0 Å². The monoisotopic (exact) mass is 448 g/mol. The zero-order valence-electron chi connectivity index (χ0n) is 20.0. The highest BCUT2D eigenvalue weighted by atomic mass is 16.7. The van der Waals surface area contributed by atoms with Crippen LogP contribution in [-0.2, 0) is 14.9 Å². The molecule has 3 aromatic rings. The predicted octanol–water partition coefficient (Wildman–Crippen LogP) is 5.17. The lowest BCUT2D eigenvalue weighted by Gasteiger charge is -2.40. The van der Waals surface area contributed by atoms with Crippen molar-refractivity contribution in [1.29, 1.82) is 0 Å². The predicted molar refractivity (Wildman–Crippen MR) is 132 cm³/mol. The van der Waals surface area contributed by atoms with Crippen molar-refractivity contribution in [2.45, 2.75) is 57.2 Å². The zero-order chi connectivity index (χ0) is 23.8. The normalized spacial score (nSPS) is 25.1. The van der Waals surface area contributed by atoms with Gasteiger partial charge >= 0.3 is 0 Å². The molecule has 0 spiro atoms. The van der Waals surface area contributed by atoms with Crippen LogP contribution in [0.1, 0.15) is 43.9 Å². The number of rotatable bonds is 5. The largest absolute Gasteiger partial charge is 0.390 e. The van der Waals surface area contributed by atoms with Crippen molar-refractivity contribution in [1.82, 2.24) is 0 Å². The fraction of sp³-hybridized carbons (Fsp3) is 0.379. The quantitative estimate of drug-likeness (QED) is 0.529. The van der Waals surface area contributed by atoms with Crippen molar-refractivity contribution in [2.75, 3.05) is 7.11 Å². The molecule has 0 saturated carbocycles. The molecule has 33 heavy (non-hydrogen) atoms. The van der Waals surface area contributed by atoms with E-state index < -0.39 is 18.5 Å². The summed E-state index contributed by atoms with van der Waals surface area (Å²) in [5.74, 6) is -0.0496. The van der Waals surface area contributed by atoms with Crippen LogP contribution in [0.2, 0.25) is 0 Å². The SMILES string of the molecule is CC(c1ccccc1)(c1ccccc1)c1ccccc1.CCC1OC(OC)C(O)C(O)C1C. The fourth-order valence-corrected chi connectivity index (χ4v) is 4.55. The van der Waals surface area contributed by atoms with Crippen LogP contribution in [0.3, 0.4) is 0 Å². The molecule has 0 aliphatic carbocycles. The maximum absolute atomic E-state index is 9.64. The Morgan fingerprint density at radius 2 is 1.15 bits per heavy atom. The number of aliphatic hydroxyl groups excluding tert-OH is 2. The Balaban J connectivity index is 0.000000205. The summed E-state index contributed by atoms with van der Waals surface area (Å²) < 4.78 is 10.4. The molecule has 4 heteroatoms. The van der Waals surface area contributed by atoms with Gasteiger partial charge in [0.25, 0.3) is 0 Å². The molecule has 1 aliphatic rings. The molecule has 0 radical (unpaired) electrons. The van der Waals surface area contributed by atoms with Crippen LogP contribution in [-0.4, -0.2) is 41.9 Å². The molecule has 1 fully saturated rings. The first-order valence-electron chi connectivity index (χ1n) is 11.6. The van der Waals surface area contributed by atoms with Gasteiger partial charge in [-0.1, -0.05) is 105 Å². The van der Waals surface area contributed by atoms with E-state index in [9.17, 15) is 10.2 Å². The summed E-state index contributed by atoms with van der Waals surface area (Å²) >= 11 is 0. The summed E-state index contributed by atoms with van der Waals surface area (Å²) in [5.41, 5.74) is 3.83. The average Bonchev–Trinajstić information content (AvgIpc) is 2.89. The molecule has 5 atom stereocenters. The smallest absolute Gasteiger partial charge is 0.185 e. The molecule has 1 aliphatic heterocycles. The van der Waals surface area contributed by atoms with Crippen molar-refractivity contribution >= 4 is 0 Å². The van der Waals surface area contributed by atoms with E-state index in [2.05, 4.69) is 97.9 Å². The van der Waals surface area contributed by atoms with E-state index in [1.165, 1.54) is 23.8 Å². The summed E-state index contributed by atoms with van der Waals surface area (Å²) in [6.45, 7) is 6.15. The van der Waals surface area contributed by atoms with Gasteiger partial charge in [-0.2, -0.15) is 0 Å².